The highest BCUT2D eigenvalue weighted by molar-refractivity contribution is 7.85. The molecule has 212 valence electrons. The number of aliphatic hydroxyl groups is 1. The third kappa shape index (κ3) is 7.44. The maximum Gasteiger partial charge on any atom is 0.296 e. The van der Waals surface area contributed by atoms with Crippen LogP contribution in [0.2, 0.25) is 0 Å². The number of ether oxygens (including phenoxy) is 3. The summed E-state index contributed by atoms with van der Waals surface area (Å²) in [5, 5.41) is 22.9. The van der Waals surface area contributed by atoms with E-state index in [1.165, 1.54) is 25.4 Å². The Hall–Kier alpha value is -5.26. The first-order valence-corrected chi connectivity index (χ1v) is 13.0. The van der Waals surface area contributed by atoms with Gasteiger partial charge in [-0.3, -0.25) is 14.5 Å². The minimum absolute atomic E-state index is 0.0113. The van der Waals surface area contributed by atoms with Gasteiger partial charge in [0.1, 0.15) is 17.2 Å². The molecule has 0 fully saturated rings. The van der Waals surface area contributed by atoms with E-state index in [9.17, 15) is 13.5 Å². The predicted molar refractivity (Wildman–Crippen MR) is 143 cm³/mol. The SMILES string of the molecule is COc1ccccc1Oc1c(N)nc(-c2ccnc(-c3nn[nH]n3)c2)nc1OCCO.O=S(=O)(O)c1cccnc1. The topological polar surface area (TPSA) is 234 Å². The van der Waals surface area contributed by atoms with Gasteiger partial charge in [0.15, 0.2) is 23.1 Å². The maximum atomic E-state index is 10.3. The highest BCUT2D eigenvalue weighted by Crippen LogP contribution is 2.39. The zero-order chi connectivity index (χ0) is 29.2. The molecular formula is C24H23N9O7S. The molecule has 0 aliphatic carbocycles. The minimum atomic E-state index is -4.07. The van der Waals surface area contributed by atoms with Gasteiger partial charge in [-0.1, -0.05) is 12.1 Å². The summed E-state index contributed by atoms with van der Waals surface area (Å²) >= 11 is 0. The van der Waals surface area contributed by atoms with Crippen molar-refractivity contribution >= 4 is 15.9 Å². The van der Waals surface area contributed by atoms with Gasteiger partial charge < -0.3 is 25.1 Å². The molecule has 1 aromatic carbocycles. The van der Waals surface area contributed by atoms with Crippen molar-refractivity contribution in [3.63, 3.8) is 0 Å². The van der Waals surface area contributed by atoms with Crippen LogP contribution in [0.25, 0.3) is 22.9 Å². The Morgan fingerprint density at radius 1 is 1.02 bits per heavy atom. The maximum absolute atomic E-state index is 10.3. The fourth-order valence-corrected chi connectivity index (χ4v) is 3.63. The van der Waals surface area contributed by atoms with Gasteiger partial charge >= 0.3 is 0 Å². The molecule has 0 saturated carbocycles. The first-order valence-electron chi connectivity index (χ1n) is 11.6. The van der Waals surface area contributed by atoms with Crippen molar-refractivity contribution in [1.82, 2.24) is 40.6 Å². The van der Waals surface area contributed by atoms with Crippen molar-refractivity contribution in [1.29, 1.82) is 0 Å². The molecule has 0 bridgehead atoms. The Bertz CT molecular complexity index is 1690. The largest absolute Gasteiger partial charge is 0.493 e. The Kier molecular flexibility index (Phi) is 9.25. The van der Waals surface area contributed by atoms with E-state index in [-0.39, 0.29) is 41.4 Å². The number of tetrazole rings is 1. The molecular weight excluding hydrogens is 558 g/mol. The van der Waals surface area contributed by atoms with E-state index in [4.69, 9.17) is 24.5 Å². The fourth-order valence-electron chi connectivity index (χ4n) is 3.19. The molecule has 0 atom stereocenters. The number of aromatic nitrogens is 8. The third-order valence-corrected chi connectivity index (χ3v) is 5.83. The van der Waals surface area contributed by atoms with Crippen LogP contribution in [0.3, 0.4) is 0 Å². The molecule has 0 saturated heterocycles. The first kappa shape index (κ1) is 28.7. The molecule has 5 rings (SSSR count). The molecule has 5 aromatic rings. The highest BCUT2D eigenvalue weighted by Gasteiger charge is 2.20. The summed E-state index contributed by atoms with van der Waals surface area (Å²) in [6.07, 6.45) is 4.07. The number of hydrogen-bond acceptors (Lipinski definition) is 14. The summed E-state index contributed by atoms with van der Waals surface area (Å²) in [7, 11) is -2.54. The molecule has 4 heterocycles. The second kappa shape index (κ2) is 13.2. The smallest absolute Gasteiger partial charge is 0.296 e. The number of rotatable bonds is 9. The number of nitrogens with zero attached hydrogens (tertiary/aromatic N) is 7. The summed E-state index contributed by atoms with van der Waals surface area (Å²) in [5.41, 5.74) is 7.26. The number of para-hydroxylation sites is 2. The molecule has 0 spiro atoms. The summed E-state index contributed by atoms with van der Waals surface area (Å²) in [6.45, 7) is -0.229. The fraction of sp³-hybridized carbons (Fsp3) is 0.125. The molecule has 0 aliphatic heterocycles. The van der Waals surface area contributed by atoms with Gasteiger partial charge in [0.25, 0.3) is 16.0 Å². The summed E-state index contributed by atoms with van der Waals surface area (Å²) < 4.78 is 45.9. The zero-order valence-corrected chi connectivity index (χ0v) is 22.1. The number of aromatic amines is 1. The number of methoxy groups -OCH3 is 1. The van der Waals surface area contributed by atoms with E-state index in [1.54, 1.807) is 36.5 Å². The summed E-state index contributed by atoms with van der Waals surface area (Å²) in [4.78, 5) is 16.3. The van der Waals surface area contributed by atoms with Crippen LogP contribution in [0.15, 0.2) is 72.0 Å². The van der Waals surface area contributed by atoms with Gasteiger partial charge in [-0.2, -0.15) is 18.6 Å². The van der Waals surface area contributed by atoms with Crippen molar-refractivity contribution in [2.45, 2.75) is 4.90 Å². The van der Waals surface area contributed by atoms with E-state index < -0.39 is 10.1 Å². The number of nitrogens with one attached hydrogen (secondary N) is 1. The second-order valence-corrected chi connectivity index (χ2v) is 9.14. The molecule has 16 nitrogen and oxygen atoms in total. The average Bonchev–Trinajstić information content (AvgIpc) is 3.53. The summed E-state index contributed by atoms with van der Waals surface area (Å²) in [5.74, 6) is 1.71. The Balaban J connectivity index is 0.000000328. The molecule has 4 aromatic heterocycles. The van der Waals surface area contributed by atoms with Gasteiger partial charge in [-0.25, -0.2) is 4.98 Å². The number of H-pyrrole nitrogens is 1. The number of pyridine rings is 2. The van der Waals surface area contributed by atoms with Crippen molar-refractivity contribution in [2.24, 2.45) is 0 Å². The lowest BCUT2D eigenvalue weighted by Gasteiger charge is -2.15. The van der Waals surface area contributed by atoms with Crippen molar-refractivity contribution in [3.8, 4) is 46.0 Å². The van der Waals surface area contributed by atoms with Crippen LogP contribution in [0, 0.1) is 0 Å². The molecule has 0 amide bonds. The van der Waals surface area contributed by atoms with Gasteiger partial charge in [0, 0.05) is 24.2 Å². The quantitative estimate of drug-likeness (QED) is 0.182. The second-order valence-electron chi connectivity index (χ2n) is 7.72. The highest BCUT2D eigenvalue weighted by atomic mass is 32.2. The monoisotopic (exact) mass is 581 g/mol. The van der Waals surface area contributed by atoms with Gasteiger partial charge in [0.05, 0.1) is 13.7 Å². The van der Waals surface area contributed by atoms with E-state index in [0.29, 0.717) is 28.6 Å². The predicted octanol–water partition coefficient (Wildman–Crippen LogP) is 1.80. The van der Waals surface area contributed by atoms with Crippen LogP contribution >= 0.6 is 0 Å². The average molecular weight is 582 g/mol. The lowest BCUT2D eigenvalue weighted by molar-refractivity contribution is 0.192. The molecule has 0 radical (unpaired) electrons. The van der Waals surface area contributed by atoms with Gasteiger partial charge in [0.2, 0.25) is 11.6 Å². The van der Waals surface area contributed by atoms with Gasteiger partial charge in [-0.15, -0.1) is 10.2 Å². The minimum Gasteiger partial charge on any atom is -0.493 e. The number of nitrogens with two attached hydrogens (primary N) is 1. The van der Waals surface area contributed by atoms with Crippen molar-refractivity contribution < 1.29 is 32.3 Å². The van der Waals surface area contributed by atoms with Crippen LogP contribution < -0.4 is 19.9 Å². The Labute approximate surface area is 233 Å². The normalized spacial score (nSPS) is 10.8. The van der Waals surface area contributed by atoms with Crippen molar-refractivity contribution in [3.05, 3.63) is 67.1 Å². The third-order valence-electron chi connectivity index (χ3n) is 5.00. The number of benzene rings is 1. The van der Waals surface area contributed by atoms with Crippen LogP contribution in [0.4, 0.5) is 5.82 Å². The number of anilines is 1. The van der Waals surface area contributed by atoms with Crippen LogP contribution in [-0.4, -0.2) is 79.0 Å². The molecule has 5 N–H and O–H groups in total. The zero-order valence-electron chi connectivity index (χ0n) is 21.3. The standard InChI is InChI=1S/C19H18N8O4.C5H5NO3S/c1-29-13-4-2-3-5-14(13)31-15-16(20)22-17(23-19(15)30-9-8-28)11-6-7-21-12(10-11)18-24-26-27-25-18;7-10(8,9)5-2-1-3-6-4-5/h2-7,10,28H,8-9H2,1H3,(H2,20,22,23)(H,24,25,26,27);1-4H,(H,7,8,9). The van der Waals surface area contributed by atoms with Crippen LogP contribution in [0.1, 0.15) is 0 Å². The number of nitrogen functional groups attached to an aromatic ring is 1. The number of aliphatic hydroxyl groups excluding tert-OH is 1. The van der Waals surface area contributed by atoms with Crippen molar-refractivity contribution in [2.75, 3.05) is 26.1 Å². The molecule has 17 heteroatoms. The molecule has 0 unspecified atom stereocenters. The van der Waals surface area contributed by atoms with Crippen LogP contribution in [0.5, 0.6) is 23.1 Å². The van der Waals surface area contributed by atoms with Gasteiger partial charge in [-0.05, 0) is 41.6 Å². The number of hydrogen-bond donors (Lipinski definition) is 4. The van der Waals surface area contributed by atoms with E-state index in [2.05, 4.69) is 40.6 Å². The lowest BCUT2D eigenvalue weighted by Crippen LogP contribution is -2.08. The van der Waals surface area contributed by atoms with E-state index >= 15 is 0 Å². The Morgan fingerprint density at radius 2 is 1.83 bits per heavy atom. The summed E-state index contributed by atoms with van der Waals surface area (Å²) in [6, 6.07) is 13.1. The molecule has 41 heavy (non-hydrogen) atoms. The van der Waals surface area contributed by atoms with E-state index in [0.717, 1.165) is 6.20 Å². The lowest BCUT2D eigenvalue weighted by atomic mass is 10.2. The van der Waals surface area contributed by atoms with Crippen LogP contribution in [-0.2, 0) is 10.1 Å². The molecule has 0 aliphatic rings. The Morgan fingerprint density at radius 3 is 2.46 bits per heavy atom. The first-order chi connectivity index (χ1) is 19.8. The van der Waals surface area contributed by atoms with E-state index in [1.807, 2.05) is 6.07 Å².